The quantitative estimate of drug-likeness (QED) is 0.498. The van der Waals surface area contributed by atoms with Gasteiger partial charge in [0.1, 0.15) is 17.6 Å². The van der Waals surface area contributed by atoms with Crippen LogP contribution in [-0.4, -0.2) is 54.5 Å². The molecule has 2 aromatic rings. The average molecular weight is 477 g/mol. The third-order valence-electron chi connectivity index (χ3n) is 4.22. The number of para-hydroxylation sites is 1. The second-order valence-electron chi connectivity index (χ2n) is 6.74. The highest BCUT2D eigenvalue weighted by Gasteiger charge is 2.23. The Morgan fingerprint density at radius 2 is 1.70 bits per heavy atom. The monoisotopic (exact) mass is 476 g/mol. The molecular formula is C23H25FN2O6S. The highest BCUT2D eigenvalue weighted by atomic mass is 32.2. The molecule has 2 rings (SSSR count). The molecule has 2 amide bonds. The van der Waals surface area contributed by atoms with E-state index < -0.39 is 35.5 Å². The van der Waals surface area contributed by atoms with Crippen molar-refractivity contribution < 1.29 is 33.0 Å². The highest BCUT2D eigenvalue weighted by Crippen LogP contribution is 2.16. The number of carbonyl (C=O) groups excluding carboxylic acids is 4. The summed E-state index contributed by atoms with van der Waals surface area (Å²) in [7, 11) is 0. The van der Waals surface area contributed by atoms with Crippen LogP contribution < -0.4 is 10.2 Å². The van der Waals surface area contributed by atoms with Crippen molar-refractivity contribution in [1.29, 1.82) is 0 Å². The predicted molar refractivity (Wildman–Crippen MR) is 123 cm³/mol. The van der Waals surface area contributed by atoms with Crippen LogP contribution in [0.15, 0.2) is 54.6 Å². The lowest BCUT2D eigenvalue weighted by atomic mass is 10.3. The number of nitrogens with zero attached hydrogens (tertiary/aromatic N) is 1. The van der Waals surface area contributed by atoms with Crippen molar-refractivity contribution in [2.45, 2.75) is 19.1 Å². The first-order chi connectivity index (χ1) is 15.8. The van der Waals surface area contributed by atoms with Gasteiger partial charge < -0.3 is 14.8 Å². The Labute approximate surface area is 195 Å². The summed E-state index contributed by atoms with van der Waals surface area (Å²) in [5, 5.41) is 1.88. The Bertz CT molecular complexity index is 955. The molecule has 176 valence electrons. The molecule has 1 N–H and O–H groups in total. The fourth-order valence-corrected chi connectivity index (χ4v) is 3.27. The van der Waals surface area contributed by atoms with Gasteiger partial charge in [-0.05, 0) is 50.2 Å². The third kappa shape index (κ3) is 8.93. The van der Waals surface area contributed by atoms with Gasteiger partial charge in [0.2, 0.25) is 5.91 Å². The zero-order chi connectivity index (χ0) is 24.2. The lowest BCUT2D eigenvalue weighted by Gasteiger charge is -2.22. The summed E-state index contributed by atoms with van der Waals surface area (Å²) in [6, 6.07) is 13.8. The Morgan fingerprint density at radius 3 is 2.33 bits per heavy atom. The number of ether oxygens (including phenoxy) is 2. The largest absolute Gasteiger partial charge is 0.465 e. The zero-order valence-electron chi connectivity index (χ0n) is 18.3. The van der Waals surface area contributed by atoms with Crippen LogP contribution >= 0.6 is 11.8 Å². The summed E-state index contributed by atoms with van der Waals surface area (Å²) >= 11 is 1.03. The Kier molecular flexibility index (Phi) is 10.4. The number of halogens is 1. The van der Waals surface area contributed by atoms with Crippen LogP contribution in [0.5, 0.6) is 0 Å². The first-order valence-corrected chi connectivity index (χ1v) is 11.2. The number of esters is 2. The zero-order valence-corrected chi connectivity index (χ0v) is 19.1. The highest BCUT2D eigenvalue weighted by molar-refractivity contribution is 8.01. The second kappa shape index (κ2) is 13.2. The molecule has 0 saturated carbocycles. The Balaban J connectivity index is 1.84. The number of hydrogen-bond donors (Lipinski definition) is 1. The molecule has 0 aromatic heterocycles. The van der Waals surface area contributed by atoms with Crippen LogP contribution in [0.1, 0.15) is 13.8 Å². The van der Waals surface area contributed by atoms with Crippen molar-refractivity contribution >= 4 is 46.9 Å². The minimum absolute atomic E-state index is 0.0411. The van der Waals surface area contributed by atoms with Crippen LogP contribution in [0, 0.1) is 5.82 Å². The van der Waals surface area contributed by atoms with Crippen LogP contribution in [0.4, 0.5) is 15.8 Å². The molecule has 8 nitrogen and oxygen atoms in total. The SMILES string of the molecule is CCOC(=O)CN(C(=O)COC(=O)C(C)SCC(=O)Nc1ccc(F)cc1)c1ccccc1. The van der Waals surface area contributed by atoms with Crippen molar-refractivity contribution in [3.63, 3.8) is 0 Å². The molecule has 33 heavy (non-hydrogen) atoms. The van der Waals surface area contributed by atoms with Gasteiger partial charge in [-0.2, -0.15) is 0 Å². The normalized spacial score (nSPS) is 11.2. The molecule has 1 atom stereocenters. The van der Waals surface area contributed by atoms with E-state index in [1.165, 1.54) is 29.2 Å². The maximum absolute atomic E-state index is 12.9. The van der Waals surface area contributed by atoms with E-state index in [0.717, 1.165) is 11.8 Å². The van der Waals surface area contributed by atoms with Crippen LogP contribution in [-0.2, 0) is 28.7 Å². The molecule has 0 heterocycles. The summed E-state index contributed by atoms with van der Waals surface area (Å²) in [6.45, 7) is 2.50. The summed E-state index contributed by atoms with van der Waals surface area (Å²) in [6.07, 6.45) is 0. The number of thioether (sulfide) groups is 1. The van der Waals surface area contributed by atoms with E-state index in [1.54, 1.807) is 44.2 Å². The van der Waals surface area contributed by atoms with Gasteiger partial charge in [-0.1, -0.05) is 18.2 Å². The van der Waals surface area contributed by atoms with Gasteiger partial charge in [-0.15, -0.1) is 11.8 Å². The fraction of sp³-hybridized carbons (Fsp3) is 0.304. The van der Waals surface area contributed by atoms with Crippen molar-refractivity contribution in [1.82, 2.24) is 0 Å². The maximum atomic E-state index is 12.9. The Morgan fingerprint density at radius 1 is 1.03 bits per heavy atom. The standard InChI is InChI=1S/C23H25FN2O6S/c1-3-31-22(29)13-26(19-7-5-4-6-8-19)21(28)14-32-23(30)16(2)33-15-20(27)25-18-11-9-17(24)10-12-18/h4-12,16H,3,13-15H2,1-2H3,(H,25,27). The number of carbonyl (C=O) groups is 4. The van der Waals surface area contributed by atoms with Gasteiger partial charge in [-0.25, -0.2) is 4.39 Å². The summed E-state index contributed by atoms with van der Waals surface area (Å²) in [5.74, 6) is -2.67. The number of nitrogens with one attached hydrogen (secondary N) is 1. The minimum atomic E-state index is -0.716. The van der Waals surface area contributed by atoms with Gasteiger partial charge in [-0.3, -0.25) is 24.1 Å². The van der Waals surface area contributed by atoms with E-state index in [-0.39, 0.29) is 24.8 Å². The van der Waals surface area contributed by atoms with Gasteiger partial charge in [0.05, 0.1) is 12.4 Å². The Hall–Kier alpha value is -3.40. The van der Waals surface area contributed by atoms with Gasteiger partial charge in [0.15, 0.2) is 6.61 Å². The maximum Gasteiger partial charge on any atom is 0.326 e. The fourth-order valence-electron chi connectivity index (χ4n) is 2.59. The molecule has 0 saturated heterocycles. The molecule has 0 aliphatic rings. The van der Waals surface area contributed by atoms with Crippen molar-refractivity contribution in [2.24, 2.45) is 0 Å². The van der Waals surface area contributed by atoms with Crippen LogP contribution in [0.25, 0.3) is 0 Å². The van der Waals surface area contributed by atoms with E-state index in [2.05, 4.69) is 5.32 Å². The van der Waals surface area contributed by atoms with E-state index >= 15 is 0 Å². The van der Waals surface area contributed by atoms with Crippen LogP contribution in [0.3, 0.4) is 0 Å². The van der Waals surface area contributed by atoms with Crippen molar-refractivity contribution in [3.05, 3.63) is 60.4 Å². The first-order valence-electron chi connectivity index (χ1n) is 10.1. The molecule has 2 aromatic carbocycles. The number of anilines is 2. The average Bonchev–Trinajstić information content (AvgIpc) is 2.81. The van der Waals surface area contributed by atoms with E-state index in [9.17, 15) is 23.6 Å². The molecule has 10 heteroatoms. The minimum Gasteiger partial charge on any atom is -0.465 e. The first kappa shape index (κ1) is 25.9. The molecule has 0 bridgehead atoms. The molecular weight excluding hydrogens is 451 g/mol. The lowest BCUT2D eigenvalue weighted by Crippen LogP contribution is -2.39. The van der Waals surface area contributed by atoms with Gasteiger partial charge in [0, 0.05) is 11.4 Å². The number of benzene rings is 2. The van der Waals surface area contributed by atoms with Crippen molar-refractivity contribution in [2.75, 3.05) is 35.7 Å². The van der Waals surface area contributed by atoms with E-state index in [1.807, 2.05) is 0 Å². The summed E-state index contributed by atoms with van der Waals surface area (Å²) in [5.41, 5.74) is 0.900. The van der Waals surface area contributed by atoms with E-state index in [0.29, 0.717) is 11.4 Å². The van der Waals surface area contributed by atoms with Crippen molar-refractivity contribution in [3.8, 4) is 0 Å². The number of rotatable bonds is 11. The smallest absolute Gasteiger partial charge is 0.326 e. The third-order valence-corrected chi connectivity index (χ3v) is 5.35. The number of amides is 2. The second-order valence-corrected chi connectivity index (χ2v) is 8.07. The summed E-state index contributed by atoms with van der Waals surface area (Å²) < 4.78 is 22.9. The molecule has 1 unspecified atom stereocenters. The van der Waals surface area contributed by atoms with E-state index in [4.69, 9.17) is 9.47 Å². The topological polar surface area (TPSA) is 102 Å². The molecule has 0 radical (unpaired) electrons. The molecule has 0 fully saturated rings. The summed E-state index contributed by atoms with van der Waals surface area (Å²) in [4.78, 5) is 50.0. The lowest BCUT2D eigenvalue weighted by molar-refractivity contribution is -0.147. The number of hydrogen-bond acceptors (Lipinski definition) is 7. The predicted octanol–water partition coefficient (Wildman–Crippen LogP) is 3.03. The molecule has 0 spiro atoms. The van der Waals surface area contributed by atoms with Crippen LogP contribution in [0.2, 0.25) is 0 Å². The molecule has 0 aliphatic carbocycles. The molecule has 0 aliphatic heterocycles. The van der Waals surface area contributed by atoms with Gasteiger partial charge in [0.25, 0.3) is 5.91 Å². The van der Waals surface area contributed by atoms with Gasteiger partial charge >= 0.3 is 11.9 Å².